The number of methoxy groups -OCH3 is 1. The average Bonchev–Trinajstić information content (AvgIpc) is 2.97. The van der Waals surface area contributed by atoms with Gasteiger partial charge in [-0.2, -0.15) is 0 Å². The second kappa shape index (κ2) is 14.8. The zero-order valence-electron chi connectivity index (χ0n) is 24.4. The van der Waals surface area contributed by atoms with Crippen LogP contribution in [0.3, 0.4) is 0 Å². The molecule has 0 spiro atoms. The van der Waals surface area contributed by atoms with Gasteiger partial charge in [0.15, 0.2) is 0 Å². The zero-order chi connectivity index (χ0) is 31.0. The number of sulfonamides is 1. The third kappa shape index (κ3) is 7.96. The molecule has 1 N–H and O–H groups in total. The first-order valence-electron chi connectivity index (χ1n) is 13.7. The number of hydrogen-bond acceptors (Lipinski definition) is 5. The highest BCUT2D eigenvalue weighted by molar-refractivity contribution is 7.92. The summed E-state index contributed by atoms with van der Waals surface area (Å²) in [7, 11) is -2.73. The largest absolute Gasteiger partial charge is 0.497 e. The number of carbonyl (C=O) groups is 2. The maximum absolute atomic E-state index is 14.2. The van der Waals surface area contributed by atoms with E-state index in [9.17, 15) is 18.0 Å². The fourth-order valence-electron chi connectivity index (χ4n) is 4.36. The van der Waals surface area contributed by atoms with Crippen LogP contribution in [0.5, 0.6) is 5.75 Å². The van der Waals surface area contributed by atoms with E-state index >= 15 is 0 Å². The molecule has 11 heteroatoms. The maximum atomic E-state index is 14.2. The summed E-state index contributed by atoms with van der Waals surface area (Å²) >= 11 is 12.8. The lowest BCUT2D eigenvalue weighted by Gasteiger charge is -2.34. The molecule has 2 atom stereocenters. The standard InChI is InChI=1S/C31H37Cl2N3O5S/c1-6-22(4)34-31(38)27(7-2)35(19-23-10-8-11-24(18-23)41-5)29(37)20-36(28-13-9-12-26(32)30(28)33)42(39,40)25-16-14-21(3)15-17-25/h8-18,22,27H,6-7,19-20H2,1-5H3,(H,34,38)/t22-,27+/m0/s1. The Balaban J connectivity index is 2.11. The van der Waals surface area contributed by atoms with Crippen LogP contribution in [0.25, 0.3) is 0 Å². The van der Waals surface area contributed by atoms with Crippen LogP contribution in [0.4, 0.5) is 5.69 Å². The smallest absolute Gasteiger partial charge is 0.264 e. The zero-order valence-corrected chi connectivity index (χ0v) is 26.8. The molecule has 0 aromatic heterocycles. The fourth-order valence-corrected chi connectivity index (χ4v) is 6.24. The molecule has 226 valence electrons. The van der Waals surface area contributed by atoms with E-state index < -0.39 is 28.5 Å². The molecule has 0 saturated heterocycles. The van der Waals surface area contributed by atoms with E-state index in [1.54, 1.807) is 50.4 Å². The van der Waals surface area contributed by atoms with Crippen molar-refractivity contribution in [1.82, 2.24) is 10.2 Å². The molecule has 0 heterocycles. The van der Waals surface area contributed by atoms with Gasteiger partial charge < -0.3 is 15.0 Å². The molecule has 0 aliphatic heterocycles. The number of benzene rings is 3. The Kier molecular flexibility index (Phi) is 11.7. The molecule has 0 saturated carbocycles. The van der Waals surface area contributed by atoms with E-state index in [-0.39, 0.29) is 39.1 Å². The van der Waals surface area contributed by atoms with Crippen LogP contribution in [-0.4, -0.2) is 50.9 Å². The second-order valence-electron chi connectivity index (χ2n) is 10.0. The Morgan fingerprint density at radius 1 is 0.976 bits per heavy atom. The minimum absolute atomic E-state index is 0.0106. The number of nitrogens with one attached hydrogen (secondary N) is 1. The van der Waals surface area contributed by atoms with Crippen molar-refractivity contribution in [1.29, 1.82) is 0 Å². The van der Waals surface area contributed by atoms with E-state index in [0.29, 0.717) is 24.2 Å². The first-order chi connectivity index (χ1) is 19.9. The minimum Gasteiger partial charge on any atom is -0.497 e. The van der Waals surface area contributed by atoms with E-state index in [2.05, 4.69) is 5.32 Å². The maximum Gasteiger partial charge on any atom is 0.264 e. The Morgan fingerprint density at radius 2 is 1.64 bits per heavy atom. The minimum atomic E-state index is -4.28. The third-order valence-electron chi connectivity index (χ3n) is 6.96. The molecule has 3 aromatic rings. The molecule has 0 aliphatic rings. The summed E-state index contributed by atoms with van der Waals surface area (Å²) < 4.78 is 34.3. The first-order valence-corrected chi connectivity index (χ1v) is 15.9. The molecule has 0 aliphatic carbocycles. The number of ether oxygens (including phenoxy) is 1. The number of aryl methyl sites for hydroxylation is 1. The normalized spacial score (nSPS) is 12.7. The number of nitrogens with zero attached hydrogens (tertiary/aromatic N) is 2. The van der Waals surface area contributed by atoms with Crippen molar-refractivity contribution in [3.63, 3.8) is 0 Å². The average molecular weight is 635 g/mol. The number of carbonyl (C=O) groups excluding carboxylic acids is 2. The van der Waals surface area contributed by atoms with Crippen LogP contribution in [0.2, 0.25) is 10.0 Å². The second-order valence-corrected chi connectivity index (χ2v) is 12.7. The summed E-state index contributed by atoms with van der Waals surface area (Å²) in [6.07, 6.45) is 1.02. The lowest BCUT2D eigenvalue weighted by atomic mass is 10.1. The number of hydrogen-bond donors (Lipinski definition) is 1. The van der Waals surface area contributed by atoms with Gasteiger partial charge in [-0.15, -0.1) is 0 Å². The van der Waals surface area contributed by atoms with E-state index in [1.807, 2.05) is 26.8 Å². The highest BCUT2D eigenvalue weighted by atomic mass is 35.5. The molecule has 0 fully saturated rings. The van der Waals surface area contributed by atoms with Crippen LogP contribution >= 0.6 is 23.2 Å². The molecule has 8 nitrogen and oxygen atoms in total. The fraction of sp³-hybridized carbons (Fsp3) is 0.355. The summed E-state index contributed by atoms with van der Waals surface area (Å²) in [5.74, 6) is -0.321. The summed E-state index contributed by atoms with van der Waals surface area (Å²) in [6, 6.07) is 17.1. The molecule has 0 radical (unpaired) electrons. The quantitative estimate of drug-likeness (QED) is 0.241. The molecule has 0 unspecified atom stereocenters. The predicted octanol–water partition coefficient (Wildman–Crippen LogP) is 6.23. The Bertz CT molecular complexity index is 1500. The van der Waals surface area contributed by atoms with Crippen LogP contribution in [-0.2, 0) is 26.2 Å². The molecule has 2 amide bonds. The molecular formula is C31H37Cl2N3O5S. The molecule has 3 rings (SSSR count). The van der Waals surface area contributed by atoms with Crippen molar-refractivity contribution in [2.24, 2.45) is 0 Å². The molecule has 3 aromatic carbocycles. The van der Waals surface area contributed by atoms with Crippen LogP contribution in [0.1, 0.15) is 44.7 Å². The predicted molar refractivity (Wildman–Crippen MR) is 168 cm³/mol. The Labute approximate surface area is 258 Å². The SMILES string of the molecule is CC[C@H](C(=O)N[C@@H](C)CC)N(Cc1cccc(OC)c1)C(=O)CN(c1cccc(Cl)c1Cl)S(=O)(=O)c1ccc(C)cc1. The van der Waals surface area contributed by atoms with Crippen molar-refractivity contribution < 1.29 is 22.7 Å². The Hall–Kier alpha value is -3.27. The Morgan fingerprint density at radius 3 is 2.26 bits per heavy atom. The number of amides is 2. The van der Waals surface area contributed by atoms with Crippen LogP contribution in [0.15, 0.2) is 71.6 Å². The van der Waals surface area contributed by atoms with Gasteiger partial charge in [-0.05, 0) is 68.7 Å². The van der Waals surface area contributed by atoms with Crippen molar-refractivity contribution in [3.05, 3.63) is 87.9 Å². The summed E-state index contributed by atoms with van der Waals surface area (Å²) in [5, 5.41) is 3.09. The van der Waals surface area contributed by atoms with Gasteiger partial charge in [0.1, 0.15) is 18.3 Å². The monoisotopic (exact) mass is 633 g/mol. The number of anilines is 1. The molecular weight excluding hydrogens is 597 g/mol. The van der Waals surface area contributed by atoms with Crippen molar-refractivity contribution >= 4 is 50.7 Å². The lowest BCUT2D eigenvalue weighted by Crippen LogP contribution is -2.53. The highest BCUT2D eigenvalue weighted by Gasteiger charge is 2.35. The number of rotatable bonds is 13. The third-order valence-corrected chi connectivity index (χ3v) is 9.54. The van der Waals surface area contributed by atoms with Crippen molar-refractivity contribution in [2.75, 3.05) is 18.0 Å². The van der Waals surface area contributed by atoms with Gasteiger partial charge in [0, 0.05) is 12.6 Å². The molecule has 0 bridgehead atoms. The van der Waals surface area contributed by atoms with E-state index in [0.717, 1.165) is 9.87 Å². The molecule has 42 heavy (non-hydrogen) atoms. The van der Waals surface area contributed by atoms with Gasteiger partial charge in [0.05, 0.1) is 27.7 Å². The van der Waals surface area contributed by atoms with Crippen molar-refractivity contribution in [2.45, 2.75) is 64.1 Å². The summed E-state index contributed by atoms with van der Waals surface area (Å²) in [4.78, 5) is 29.0. The van der Waals surface area contributed by atoms with Crippen LogP contribution < -0.4 is 14.4 Å². The van der Waals surface area contributed by atoms with Gasteiger partial charge >= 0.3 is 0 Å². The summed E-state index contributed by atoms with van der Waals surface area (Å²) in [5.41, 5.74) is 1.64. The number of halogens is 2. The summed E-state index contributed by atoms with van der Waals surface area (Å²) in [6.45, 7) is 6.92. The van der Waals surface area contributed by atoms with E-state index in [1.165, 1.54) is 29.2 Å². The van der Waals surface area contributed by atoms with Gasteiger partial charge in [0.2, 0.25) is 11.8 Å². The lowest BCUT2D eigenvalue weighted by molar-refractivity contribution is -0.140. The first kappa shape index (κ1) is 33.2. The highest BCUT2D eigenvalue weighted by Crippen LogP contribution is 2.35. The van der Waals surface area contributed by atoms with Crippen molar-refractivity contribution in [3.8, 4) is 5.75 Å². The van der Waals surface area contributed by atoms with Gasteiger partial charge in [0.25, 0.3) is 10.0 Å². The van der Waals surface area contributed by atoms with Gasteiger partial charge in [-0.1, -0.05) is 72.9 Å². The van der Waals surface area contributed by atoms with Gasteiger partial charge in [-0.25, -0.2) is 8.42 Å². The topological polar surface area (TPSA) is 96.0 Å². The van der Waals surface area contributed by atoms with Gasteiger partial charge in [-0.3, -0.25) is 13.9 Å². The van der Waals surface area contributed by atoms with Crippen LogP contribution in [0, 0.1) is 6.92 Å². The van der Waals surface area contributed by atoms with E-state index in [4.69, 9.17) is 27.9 Å².